The summed E-state index contributed by atoms with van der Waals surface area (Å²) in [7, 11) is 0. The lowest BCUT2D eigenvalue weighted by Crippen LogP contribution is -2.32. The van der Waals surface area contributed by atoms with Crippen molar-refractivity contribution in [3.8, 4) is 0 Å². The fourth-order valence-electron chi connectivity index (χ4n) is 6.35. The fraction of sp³-hybridized carbons (Fsp3) is 0.0857. The molecule has 8 heteroatoms. The van der Waals surface area contributed by atoms with Gasteiger partial charge in [-0.2, -0.15) is 0 Å². The van der Waals surface area contributed by atoms with Crippen molar-refractivity contribution in [3.05, 3.63) is 130 Å². The highest BCUT2D eigenvalue weighted by atomic mass is 15.3. The summed E-state index contributed by atoms with van der Waals surface area (Å²) in [4.78, 5) is 30.9. The zero-order chi connectivity index (χ0) is 28.7. The molecule has 0 saturated carbocycles. The Morgan fingerprint density at radius 1 is 0.395 bits per heavy atom. The van der Waals surface area contributed by atoms with Gasteiger partial charge in [0.15, 0.2) is 23.3 Å². The van der Waals surface area contributed by atoms with E-state index in [-0.39, 0.29) is 0 Å². The van der Waals surface area contributed by atoms with Crippen molar-refractivity contribution in [1.29, 1.82) is 0 Å². The number of aliphatic imine (C=N–C) groups is 4. The molecule has 6 aromatic rings. The molecule has 4 aromatic carbocycles. The molecule has 0 aliphatic carbocycles. The molecule has 6 bridgehead atoms. The number of hydrogen-bond donors (Lipinski definition) is 0. The van der Waals surface area contributed by atoms with Gasteiger partial charge in [-0.1, -0.05) is 111 Å². The van der Waals surface area contributed by atoms with Crippen molar-refractivity contribution in [3.63, 3.8) is 0 Å². The smallest absolute Gasteiger partial charge is 0.164 e. The van der Waals surface area contributed by atoms with E-state index in [0.717, 1.165) is 66.4 Å². The molecule has 6 heterocycles. The average Bonchev–Trinajstić information content (AvgIpc) is 3.76. The maximum absolute atomic E-state index is 5.22. The summed E-state index contributed by atoms with van der Waals surface area (Å²) in [5.41, 5.74) is 5.45. The van der Waals surface area contributed by atoms with Crippen LogP contribution in [0.15, 0.2) is 127 Å². The van der Waals surface area contributed by atoms with Crippen molar-refractivity contribution >= 4 is 56.5 Å². The van der Waals surface area contributed by atoms with Gasteiger partial charge in [-0.15, -0.1) is 0 Å². The minimum atomic E-state index is 0.423. The van der Waals surface area contributed by atoms with Crippen LogP contribution in [0.5, 0.6) is 0 Å². The molecule has 0 spiro atoms. The van der Waals surface area contributed by atoms with E-state index in [4.69, 9.17) is 30.0 Å². The van der Waals surface area contributed by atoms with E-state index < -0.39 is 0 Å². The van der Waals surface area contributed by atoms with Crippen LogP contribution in [0.3, 0.4) is 0 Å². The predicted octanol–water partition coefficient (Wildman–Crippen LogP) is 6.07. The Morgan fingerprint density at radius 2 is 0.744 bits per heavy atom. The van der Waals surface area contributed by atoms with Crippen LogP contribution < -0.4 is 11.0 Å². The summed E-state index contributed by atoms with van der Waals surface area (Å²) in [6, 6.07) is 32.9. The van der Waals surface area contributed by atoms with Crippen LogP contribution in [0.2, 0.25) is 0 Å². The minimum Gasteiger partial charge on any atom is -0.291 e. The highest BCUT2D eigenvalue weighted by Crippen LogP contribution is 2.40. The summed E-state index contributed by atoms with van der Waals surface area (Å²) in [6.45, 7) is 4.42. The number of aromatic nitrogens is 2. The SMILES string of the molecule is CC.c1ccc2c(c1)C1=NC2=Nc2c3ccccc3c3n2Cn2c(c4ccccc4c2=NC2=NC(=N3)c3ccccc32)=N1. The third kappa shape index (κ3) is 3.26. The fourth-order valence-corrected chi connectivity index (χ4v) is 6.35. The van der Waals surface area contributed by atoms with Crippen LogP contribution in [0.25, 0.3) is 21.5 Å². The molecule has 0 saturated heterocycles. The molecule has 0 unspecified atom stereocenters. The van der Waals surface area contributed by atoms with E-state index in [0.29, 0.717) is 30.0 Å². The third-order valence-electron chi connectivity index (χ3n) is 8.21. The van der Waals surface area contributed by atoms with E-state index in [2.05, 4.69) is 57.7 Å². The van der Waals surface area contributed by atoms with Gasteiger partial charge in [0.25, 0.3) is 0 Å². The highest BCUT2D eigenvalue weighted by Gasteiger charge is 2.29. The lowest BCUT2D eigenvalue weighted by atomic mass is 10.1. The summed E-state index contributed by atoms with van der Waals surface area (Å²) in [5.74, 6) is 4.18. The van der Waals surface area contributed by atoms with Gasteiger partial charge in [-0.25, -0.2) is 30.0 Å². The maximum Gasteiger partial charge on any atom is 0.164 e. The molecule has 204 valence electrons. The molecular weight excluding hydrogens is 532 g/mol. The topological polar surface area (TPSA) is 84.0 Å². The quantitative estimate of drug-likeness (QED) is 0.218. The van der Waals surface area contributed by atoms with Gasteiger partial charge in [0.05, 0.1) is 0 Å². The monoisotopic (exact) mass is 556 g/mol. The number of amidine groups is 4. The molecule has 0 N–H and O–H groups in total. The second-order valence-corrected chi connectivity index (χ2v) is 10.4. The van der Waals surface area contributed by atoms with E-state index in [9.17, 15) is 0 Å². The van der Waals surface area contributed by atoms with Gasteiger partial charge >= 0.3 is 0 Å². The van der Waals surface area contributed by atoms with E-state index in [1.807, 2.05) is 62.4 Å². The Balaban J connectivity index is 0.00000128. The van der Waals surface area contributed by atoms with Gasteiger partial charge in [0.1, 0.15) is 29.3 Å². The van der Waals surface area contributed by atoms with Crippen LogP contribution in [0, 0.1) is 0 Å². The van der Waals surface area contributed by atoms with Crippen LogP contribution >= 0.6 is 0 Å². The Bertz CT molecular complexity index is 2280. The summed E-state index contributed by atoms with van der Waals surface area (Å²) >= 11 is 0. The lowest BCUT2D eigenvalue weighted by molar-refractivity contribution is 0.584. The summed E-state index contributed by atoms with van der Waals surface area (Å²) in [5, 5.41) is 4.02. The van der Waals surface area contributed by atoms with Crippen LogP contribution in [0.4, 0.5) is 11.6 Å². The Hall–Kier alpha value is -5.76. The maximum atomic E-state index is 5.22. The third-order valence-corrected chi connectivity index (χ3v) is 8.21. The van der Waals surface area contributed by atoms with Gasteiger partial charge in [0, 0.05) is 43.8 Å². The average molecular weight is 557 g/mol. The van der Waals surface area contributed by atoms with Crippen molar-refractivity contribution in [2.24, 2.45) is 30.0 Å². The van der Waals surface area contributed by atoms with E-state index in [1.165, 1.54) is 0 Å². The molecule has 8 nitrogen and oxygen atoms in total. The lowest BCUT2D eigenvalue weighted by Gasteiger charge is -2.12. The number of benzene rings is 4. The zero-order valence-corrected chi connectivity index (χ0v) is 23.5. The van der Waals surface area contributed by atoms with Crippen LogP contribution in [-0.2, 0) is 6.67 Å². The number of fused-ring (bicyclic) bond motifs is 14. The van der Waals surface area contributed by atoms with Crippen LogP contribution in [-0.4, -0.2) is 32.5 Å². The first-order valence-corrected chi connectivity index (χ1v) is 14.5. The van der Waals surface area contributed by atoms with Crippen molar-refractivity contribution < 1.29 is 0 Å². The standard InChI is InChI=1S/C33H18N8.C2H6/c1-2-10-19-18(9-1)26-34-27(19)37-31-24-15-7-8-16-25(24)33-39-29-21-12-4-3-11-20(21)28(35-29)38-32-23-14-6-5-13-22(23)30(36-26)40(32)17-41(31)33;1-2/h1-16H,17H2;1-2H3. The van der Waals surface area contributed by atoms with Gasteiger partial charge in [-0.3, -0.25) is 9.13 Å². The second-order valence-electron chi connectivity index (χ2n) is 10.4. The van der Waals surface area contributed by atoms with Gasteiger partial charge in [0.2, 0.25) is 0 Å². The van der Waals surface area contributed by atoms with Gasteiger partial charge < -0.3 is 0 Å². The number of nitrogens with zero attached hydrogens (tertiary/aromatic N) is 8. The largest absolute Gasteiger partial charge is 0.291 e. The Kier molecular flexibility index (Phi) is 4.93. The van der Waals surface area contributed by atoms with Gasteiger partial charge in [-0.05, 0) is 0 Å². The first-order valence-electron chi connectivity index (χ1n) is 14.5. The Morgan fingerprint density at radius 3 is 1.16 bits per heavy atom. The molecule has 43 heavy (non-hydrogen) atoms. The van der Waals surface area contributed by atoms with E-state index in [1.54, 1.807) is 0 Å². The van der Waals surface area contributed by atoms with Crippen molar-refractivity contribution in [1.82, 2.24) is 9.13 Å². The molecule has 0 amide bonds. The summed E-state index contributed by atoms with van der Waals surface area (Å²) < 4.78 is 4.31. The summed E-state index contributed by atoms with van der Waals surface area (Å²) in [6.07, 6.45) is 0. The first kappa shape index (κ1) is 23.9. The molecule has 4 aliphatic rings. The van der Waals surface area contributed by atoms with Crippen molar-refractivity contribution in [2.45, 2.75) is 20.5 Å². The molecule has 0 atom stereocenters. The molecule has 4 aliphatic heterocycles. The van der Waals surface area contributed by atoms with E-state index >= 15 is 0 Å². The first-order chi connectivity index (χ1) is 21.3. The highest BCUT2D eigenvalue weighted by molar-refractivity contribution is 6.25. The Labute approximate surface area is 246 Å². The molecule has 2 aromatic heterocycles. The van der Waals surface area contributed by atoms with Crippen molar-refractivity contribution in [2.75, 3.05) is 0 Å². The molecule has 10 rings (SSSR count). The number of rotatable bonds is 0. The molecular formula is C35H24N8. The predicted molar refractivity (Wildman–Crippen MR) is 171 cm³/mol. The van der Waals surface area contributed by atoms with Crippen LogP contribution in [0.1, 0.15) is 36.1 Å². The second kappa shape index (κ2) is 8.87. The molecule has 0 radical (unpaired) electrons. The molecule has 0 fully saturated rings. The minimum absolute atomic E-state index is 0.423. The zero-order valence-electron chi connectivity index (χ0n) is 23.5. The number of hydrogen-bond acceptors (Lipinski definition) is 6. The normalized spacial score (nSPS) is 15.1.